The number of rotatable bonds is 4. The predicted octanol–water partition coefficient (Wildman–Crippen LogP) is 0.128. The molecule has 3 N–H and O–H groups in total. The van der Waals surface area contributed by atoms with E-state index in [1.54, 1.807) is 0 Å². The Balaban J connectivity index is 2.55. The molecule has 0 aliphatic rings. The molecule has 1 aromatic carbocycles. The van der Waals surface area contributed by atoms with Crippen molar-refractivity contribution >= 4 is 5.78 Å². The van der Waals surface area contributed by atoms with Crippen molar-refractivity contribution in [2.75, 3.05) is 6.61 Å². The smallest absolute Gasteiger partial charge is 0.160 e. The van der Waals surface area contributed by atoms with Crippen LogP contribution in [-0.2, 0) is 4.79 Å². The van der Waals surface area contributed by atoms with Crippen molar-refractivity contribution in [3.05, 3.63) is 42.3 Å². The molecule has 0 aliphatic carbocycles. The molecule has 0 saturated heterocycles. The van der Waals surface area contributed by atoms with Crippen molar-refractivity contribution in [1.29, 1.82) is 0 Å². The number of Topliss-reactive ketones (excluding diaryl/α,β-unsaturated/α-hetero) is 1. The minimum atomic E-state index is -0.805. The summed E-state index contributed by atoms with van der Waals surface area (Å²) in [6.45, 7) is -0.317. The Labute approximate surface area is 77.2 Å². The second kappa shape index (κ2) is 4.74. The number of hydrogen-bond donors (Lipinski definition) is 2. The Morgan fingerprint density at radius 1 is 1.46 bits per heavy atom. The molecule has 0 aliphatic heterocycles. The van der Waals surface area contributed by atoms with Crippen LogP contribution in [0.4, 0.5) is 0 Å². The van der Waals surface area contributed by atoms with Gasteiger partial charge in [-0.15, -0.1) is 0 Å². The fourth-order valence-corrected chi connectivity index (χ4v) is 0.911. The van der Waals surface area contributed by atoms with Gasteiger partial charge in [-0.2, -0.15) is 0 Å². The van der Waals surface area contributed by atoms with Gasteiger partial charge in [0.05, 0.1) is 19.1 Å². The van der Waals surface area contributed by atoms with Crippen molar-refractivity contribution in [3.8, 4) is 0 Å². The number of carbonyl (C=O) groups is 1. The van der Waals surface area contributed by atoms with Gasteiger partial charge in [-0.05, 0) is 5.56 Å². The Morgan fingerprint density at radius 2 is 2.08 bits per heavy atom. The summed E-state index contributed by atoms with van der Waals surface area (Å²) in [6, 6.07) is 8.35. The SMILES string of the molecule is N[C@@H](CO)C(=O)[CH]c1ccccc1. The molecular weight excluding hydrogens is 166 g/mol. The summed E-state index contributed by atoms with van der Waals surface area (Å²) >= 11 is 0. The minimum Gasteiger partial charge on any atom is -0.394 e. The maximum atomic E-state index is 11.2. The van der Waals surface area contributed by atoms with Crippen molar-refractivity contribution in [2.45, 2.75) is 6.04 Å². The van der Waals surface area contributed by atoms with E-state index in [0.29, 0.717) is 0 Å². The van der Waals surface area contributed by atoms with E-state index in [0.717, 1.165) is 5.56 Å². The molecule has 1 rings (SSSR count). The van der Waals surface area contributed by atoms with Crippen molar-refractivity contribution in [3.63, 3.8) is 0 Å². The summed E-state index contributed by atoms with van der Waals surface area (Å²) in [4.78, 5) is 11.2. The van der Waals surface area contributed by atoms with Gasteiger partial charge in [-0.3, -0.25) is 4.79 Å². The molecule has 0 unspecified atom stereocenters. The Hall–Kier alpha value is -1.19. The van der Waals surface area contributed by atoms with E-state index in [1.165, 1.54) is 6.42 Å². The number of benzene rings is 1. The molecule has 3 nitrogen and oxygen atoms in total. The molecule has 13 heavy (non-hydrogen) atoms. The molecule has 69 valence electrons. The first kappa shape index (κ1) is 9.89. The fourth-order valence-electron chi connectivity index (χ4n) is 0.911. The van der Waals surface area contributed by atoms with E-state index in [9.17, 15) is 4.79 Å². The van der Waals surface area contributed by atoms with E-state index >= 15 is 0 Å². The largest absolute Gasteiger partial charge is 0.394 e. The highest BCUT2D eigenvalue weighted by molar-refractivity contribution is 5.94. The molecule has 0 heterocycles. The minimum absolute atomic E-state index is 0.256. The molecule has 0 saturated carbocycles. The van der Waals surface area contributed by atoms with E-state index in [4.69, 9.17) is 10.8 Å². The molecule has 0 amide bonds. The second-order valence-corrected chi connectivity index (χ2v) is 2.75. The number of hydrogen-bond acceptors (Lipinski definition) is 3. The van der Waals surface area contributed by atoms with Crippen LogP contribution in [0.5, 0.6) is 0 Å². The maximum absolute atomic E-state index is 11.2. The van der Waals surface area contributed by atoms with E-state index < -0.39 is 6.04 Å². The van der Waals surface area contributed by atoms with Gasteiger partial charge in [0.15, 0.2) is 5.78 Å². The van der Waals surface area contributed by atoms with E-state index in [2.05, 4.69) is 0 Å². The van der Waals surface area contributed by atoms with Crippen LogP contribution in [0, 0.1) is 6.42 Å². The first-order chi connectivity index (χ1) is 6.24. The van der Waals surface area contributed by atoms with Crippen molar-refractivity contribution in [1.82, 2.24) is 0 Å². The van der Waals surface area contributed by atoms with Crippen LogP contribution >= 0.6 is 0 Å². The predicted molar refractivity (Wildman–Crippen MR) is 49.9 cm³/mol. The summed E-state index contributed by atoms with van der Waals surface area (Å²) in [7, 11) is 0. The zero-order valence-electron chi connectivity index (χ0n) is 7.18. The highest BCUT2D eigenvalue weighted by atomic mass is 16.3. The summed E-state index contributed by atoms with van der Waals surface area (Å²) in [6.07, 6.45) is 1.43. The zero-order valence-corrected chi connectivity index (χ0v) is 7.18. The highest BCUT2D eigenvalue weighted by Gasteiger charge is 2.12. The fraction of sp³-hybridized carbons (Fsp3) is 0.200. The molecular formula is C10H12NO2. The third-order valence-electron chi connectivity index (χ3n) is 1.67. The topological polar surface area (TPSA) is 63.3 Å². The Morgan fingerprint density at radius 3 is 2.62 bits per heavy atom. The second-order valence-electron chi connectivity index (χ2n) is 2.75. The van der Waals surface area contributed by atoms with Crippen molar-refractivity contribution in [2.24, 2.45) is 5.73 Å². The molecule has 0 fully saturated rings. The number of carbonyl (C=O) groups excluding carboxylic acids is 1. The lowest BCUT2D eigenvalue weighted by Crippen LogP contribution is -2.34. The number of ketones is 1. The van der Waals surface area contributed by atoms with Crippen LogP contribution in [0.1, 0.15) is 5.56 Å². The van der Waals surface area contributed by atoms with Gasteiger partial charge in [-0.1, -0.05) is 30.3 Å². The summed E-state index contributed by atoms with van der Waals surface area (Å²) < 4.78 is 0. The van der Waals surface area contributed by atoms with Crippen LogP contribution in [-0.4, -0.2) is 23.5 Å². The Kier molecular flexibility index (Phi) is 3.61. The van der Waals surface area contributed by atoms with Gasteiger partial charge < -0.3 is 10.8 Å². The summed E-state index contributed by atoms with van der Waals surface area (Å²) in [5.41, 5.74) is 6.14. The zero-order chi connectivity index (χ0) is 9.68. The molecule has 1 radical (unpaired) electrons. The number of nitrogens with two attached hydrogens (primary N) is 1. The monoisotopic (exact) mass is 178 g/mol. The lowest BCUT2D eigenvalue weighted by Gasteiger charge is -2.05. The summed E-state index contributed by atoms with van der Waals surface area (Å²) in [5.74, 6) is -0.256. The first-order valence-electron chi connectivity index (χ1n) is 4.04. The third-order valence-corrected chi connectivity index (χ3v) is 1.67. The van der Waals surface area contributed by atoms with E-state index in [1.807, 2.05) is 30.3 Å². The molecule has 1 aromatic rings. The van der Waals surface area contributed by atoms with Crippen LogP contribution in [0.25, 0.3) is 0 Å². The quantitative estimate of drug-likeness (QED) is 0.688. The van der Waals surface area contributed by atoms with E-state index in [-0.39, 0.29) is 12.4 Å². The summed E-state index contributed by atoms with van der Waals surface area (Å²) in [5, 5.41) is 8.62. The number of aliphatic hydroxyl groups is 1. The van der Waals surface area contributed by atoms with Gasteiger partial charge in [0.1, 0.15) is 0 Å². The highest BCUT2D eigenvalue weighted by Crippen LogP contribution is 2.03. The van der Waals surface area contributed by atoms with Gasteiger partial charge in [0.2, 0.25) is 0 Å². The van der Waals surface area contributed by atoms with Gasteiger partial charge in [0, 0.05) is 0 Å². The number of aliphatic hydroxyl groups excluding tert-OH is 1. The Bertz CT molecular complexity index is 272. The molecule has 0 aromatic heterocycles. The van der Waals surface area contributed by atoms with Crippen molar-refractivity contribution < 1.29 is 9.90 Å². The average molecular weight is 178 g/mol. The van der Waals surface area contributed by atoms with Gasteiger partial charge in [0.25, 0.3) is 0 Å². The molecule has 0 bridgehead atoms. The molecule has 3 heteroatoms. The first-order valence-corrected chi connectivity index (χ1v) is 4.04. The molecule has 1 atom stereocenters. The van der Waals surface area contributed by atoms with Crippen LogP contribution in [0.3, 0.4) is 0 Å². The molecule has 0 spiro atoms. The normalized spacial score (nSPS) is 12.5. The average Bonchev–Trinajstić information content (AvgIpc) is 2.18. The van der Waals surface area contributed by atoms with Crippen LogP contribution < -0.4 is 5.73 Å². The van der Waals surface area contributed by atoms with Gasteiger partial charge >= 0.3 is 0 Å². The standard InChI is InChI=1S/C10H12NO2/c11-9(7-12)10(13)6-8-4-2-1-3-5-8/h1-6,9,12H,7,11H2/t9-/m0/s1. The maximum Gasteiger partial charge on any atom is 0.160 e. The van der Waals surface area contributed by atoms with Gasteiger partial charge in [-0.25, -0.2) is 0 Å². The lowest BCUT2D eigenvalue weighted by molar-refractivity contribution is -0.117. The third kappa shape index (κ3) is 2.97. The van der Waals surface area contributed by atoms with Crippen LogP contribution in [0.2, 0.25) is 0 Å². The lowest BCUT2D eigenvalue weighted by atomic mass is 10.1. The van der Waals surface area contributed by atoms with Crippen LogP contribution in [0.15, 0.2) is 30.3 Å².